The topological polar surface area (TPSA) is 60.7 Å². The Morgan fingerprint density at radius 2 is 2.00 bits per heavy atom. The molecule has 0 saturated carbocycles. The van der Waals surface area contributed by atoms with Gasteiger partial charge in [-0.25, -0.2) is 0 Å². The maximum atomic E-state index is 12.4. The molecule has 2 aromatic carbocycles. The predicted molar refractivity (Wildman–Crippen MR) is 126 cm³/mol. The van der Waals surface area contributed by atoms with E-state index in [2.05, 4.69) is 5.32 Å². The monoisotopic (exact) mass is 441 g/mol. The number of nitrogens with one attached hydrogen (secondary N) is 1. The Morgan fingerprint density at radius 3 is 2.68 bits per heavy atom. The fraction of sp³-hybridized carbons (Fsp3) is 0.320. The van der Waals surface area contributed by atoms with Gasteiger partial charge in [-0.05, 0) is 56.5 Å². The predicted octanol–water partition coefficient (Wildman–Crippen LogP) is 6.02. The van der Waals surface area contributed by atoms with E-state index < -0.39 is 0 Å². The minimum Gasteiger partial charge on any atom is -0.493 e. The number of carbonyl (C=O) groups excluding carboxylic acids is 1. The number of hydrogen-bond donors (Lipinski definition) is 1. The second-order valence-electron chi connectivity index (χ2n) is 7.31. The highest BCUT2D eigenvalue weighted by Gasteiger charge is 2.19. The summed E-state index contributed by atoms with van der Waals surface area (Å²) in [5, 5.41) is 4.54. The number of allylic oxidation sites excluding steroid dienone is 1. The summed E-state index contributed by atoms with van der Waals surface area (Å²) in [7, 11) is 1.65. The number of ether oxygens (including phenoxy) is 2. The van der Waals surface area contributed by atoms with Gasteiger partial charge in [0.15, 0.2) is 0 Å². The number of aryl methyl sites for hydroxylation is 1. The summed E-state index contributed by atoms with van der Waals surface area (Å²) in [5.41, 5.74) is 5.35. The lowest BCUT2D eigenvalue weighted by Gasteiger charge is -2.15. The van der Waals surface area contributed by atoms with Crippen molar-refractivity contribution in [3.05, 3.63) is 58.8 Å². The van der Waals surface area contributed by atoms with Gasteiger partial charge >= 0.3 is 0 Å². The first kappa shape index (κ1) is 22.9. The highest BCUT2D eigenvalue weighted by atomic mass is 35.5. The van der Waals surface area contributed by atoms with Crippen LogP contribution in [0, 0.1) is 6.92 Å². The summed E-state index contributed by atoms with van der Waals surface area (Å²) in [6, 6.07) is 9.68. The number of halogens is 1. The normalized spacial score (nSPS) is 11.7. The van der Waals surface area contributed by atoms with Crippen LogP contribution in [0.1, 0.15) is 31.4 Å². The van der Waals surface area contributed by atoms with Crippen LogP contribution < -0.4 is 10.1 Å². The van der Waals surface area contributed by atoms with E-state index in [1.54, 1.807) is 19.4 Å². The van der Waals surface area contributed by atoms with Crippen molar-refractivity contribution in [2.45, 2.75) is 27.2 Å². The van der Waals surface area contributed by atoms with E-state index in [-0.39, 0.29) is 5.91 Å². The average molecular weight is 442 g/mol. The van der Waals surface area contributed by atoms with Gasteiger partial charge < -0.3 is 19.2 Å². The van der Waals surface area contributed by atoms with Crippen molar-refractivity contribution in [1.82, 2.24) is 5.32 Å². The maximum Gasteiger partial charge on any atom is 0.244 e. The molecule has 0 saturated heterocycles. The van der Waals surface area contributed by atoms with Gasteiger partial charge in [0.05, 0.1) is 12.9 Å². The SMILES string of the molecule is CCOc1c(/C(C)=C/C(=O)NCCCOC)cc2c(-c3ccc(Cl)cc3)coc2c1C. The summed E-state index contributed by atoms with van der Waals surface area (Å²) in [5.74, 6) is 0.590. The Hall–Kier alpha value is -2.76. The third-order valence-corrected chi connectivity index (χ3v) is 5.34. The van der Waals surface area contributed by atoms with Crippen molar-refractivity contribution in [1.29, 1.82) is 0 Å². The van der Waals surface area contributed by atoms with Crippen LogP contribution in [0.2, 0.25) is 5.02 Å². The van der Waals surface area contributed by atoms with E-state index in [1.165, 1.54) is 0 Å². The van der Waals surface area contributed by atoms with Crippen LogP contribution in [-0.2, 0) is 9.53 Å². The number of methoxy groups -OCH3 is 1. The lowest BCUT2D eigenvalue weighted by molar-refractivity contribution is -0.116. The average Bonchev–Trinajstić information content (AvgIpc) is 3.18. The summed E-state index contributed by atoms with van der Waals surface area (Å²) in [4.78, 5) is 12.4. The molecule has 3 rings (SSSR count). The first-order valence-corrected chi connectivity index (χ1v) is 10.7. The molecular weight excluding hydrogens is 414 g/mol. The zero-order valence-corrected chi connectivity index (χ0v) is 19.1. The standard InChI is InChI=1S/C25H28ClNO4/c1-5-30-24-17(3)25-21(22(15-31-25)18-7-9-19(26)10-8-18)14-20(24)16(2)13-23(28)27-11-6-12-29-4/h7-10,13-15H,5-6,11-12H2,1-4H3,(H,27,28)/b16-13+. The highest BCUT2D eigenvalue weighted by Crippen LogP contribution is 2.40. The van der Waals surface area contributed by atoms with Crippen LogP contribution in [0.5, 0.6) is 5.75 Å². The number of hydrogen-bond acceptors (Lipinski definition) is 4. The fourth-order valence-corrected chi connectivity index (χ4v) is 3.67. The first-order valence-electron chi connectivity index (χ1n) is 10.3. The second kappa shape index (κ2) is 10.5. The summed E-state index contributed by atoms with van der Waals surface area (Å²) < 4.78 is 16.9. The van der Waals surface area contributed by atoms with Gasteiger partial charge in [0.1, 0.15) is 11.3 Å². The molecule has 0 atom stereocenters. The molecule has 0 radical (unpaired) electrons. The zero-order valence-electron chi connectivity index (χ0n) is 18.4. The quantitative estimate of drug-likeness (QED) is 0.326. The van der Waals surface area contributed by atoms with E-state index in [0.29, 0.717) is 24.8 Å². The van der Waals surface area contributed by atoms with Crippen molar-refractivity contribution >= 4 is 34.1 Å². The molecule has 0 unspecified atom stereocenters. The van der Waals surface area contributed by atoms with Crippen LogP contribution >= 0.6 is 11.6 Å². The molecule has 0 fully saturated rings. The molecule has 3 aromatic rings. The molecule has 164 valence electrons. The van der Waals surface area contributed by atoms with Crippen LogP contribution in [-0.4, -0.2) is 32.8 Å². The Balaban J connectivity index is 2.03. The van der Waals surface area contributed by atoms with E-state index in [0.717, 1.165) is 51.0 Å². The molecule has 0 spiro atoms. The minimum absolute atomic E-state index is 0.140. The number of rotatable bonds is 9. The van der Waals surface area contributed by atoms with Crippen molar-refractivity contribution in [2.24, 2.45) is 0 Å². The Labute approximate surface area is 188 Å². The van der Waals surface area contributed by atoms with Crippen molar-refractivity contribution in [3.63, 3.8) is 0 Å². The Morgan fingerprint density at radius 1 is 1.26 bits per heavy atom. The summed E-state index contributed by atoms with van der Waals surface area (Å²) in [6.07, 6.45) is 4.13. The van der Waals surface area contributed by atoms with E-state index >= 15 is 0 Å². The first-order chi connectivity index (χ1) is 15.0. The third-order valence-electron chi connectivity index (χ3n) is 5.08. The molecular formula is C25H28ClNO4. The van der Waals surface area contributed by atoms with Crippen LogP contribution in [0.4, 0.5) is 0 Å². The molecule has 1 aromatic heterocycles. The van der Waals surface area contributed by atoms with E-state index in [1.807, 2.05) is 51.1 Å². The van der Waals surface area contributed by atoms with Crippen molar-refractivity contribution in [3.8, 4) is 16.9 Å². The molecule has 0 aliphatic rings. The minimum atomic E-state index is -0.140. The molecule has 0 aliphatic heterocycles. The highest BCUT2D eigenvalue weighted by molar-refractivity contribution is 6.30. The second-order valence-corrected chi connectivity index (χ2v) is 7.75. The molecule has 1 heterocycles. The zero-order chi connectivity index (χ0) is 22.4. The molecule has 1 N–H and O–H groups in total. The number of benzene rings is 2. The van der Waals surface area contributed by atoms with Gasteiger partial charge in [-0.3, -0.25) is 4.79 Å². The van der Waals surface area contributed by atoms with Crippen LogP contribution in [0.15, 0.2) is 47.1 Å². The lowest BCUT2D eigenvalue weighted by Crippen LogP contribution is -2.23. The van der Waals surface area contributed by atoms with Gasteiger partial charge in [-0.15, -0.1) is 0 Å². The van der Waals surface area contributed by atoms with Crippen molar-refractivity contribution < 1.29 is 18.7 Å². The Bertz CT molecular complexity index is 1080. The molecule has 31 heavy (non-hydrogen) atoms. The van der Waals surface area contributed by atoms with Crippen LogP contribution in [0.25, 0.3) is 27.7 Å². The largest absolute Gasteiger partial charge is 0.493 e. The number of carbonyl (C=O) groups is 1. The maximum absolute atomic E-state index is 12.4. The molecule has 1 amide bonds. The van der Waals surface area contributed by atoms with E-state index in [9.17, 15) is 4.79 Å². The summed E-state index contributed by atoms with van der Waals surface area (Å²) in [6.45, 7) is 7.53. The molecule has 0 aliphatic carbocycles. The number of fused-ring (bicyclic) bond motifs is 1. The molecule has 0 bridgehead atoms. The number of furan rings is 1. The molecule has 5 nitrogen and oxygen atoms in total. The van der Waals surface area contributed by atoms with Gasteiger partial charge in [-0.2, -0.15) is 0 Å². The van der Waals surface area contributed by atoms with E-state index in [4.69, 9.17) is 25.5 Å². The van der Waals surface area contributed by atoms with Gasteiger partial charge in [-0.1, -0.05) is 23.7 Å². The van der Waals surface area contributed by atoms with Gasteiger partial charge in [0.25, 0.3) is 0 Å². The van der Waals surface area contributed by atoms with Crippen molar-refractivity contribution in [2.75, 3.05) is 26.9 Å². The smallest absolute Gasteiger partial charge is 0.244 e. The summed E-state index contributed by atoms with van der Waals surface area (Å²) >= 11 is 6.05. The Kier molecular flexibility index (Phi) is 7.77. The lowest BCUT2D eigenvalue weighted by atomic mass is 9.96. The third kappa shape index (κ3) is 5.30. The van der Waals surface area contributed by atoms with Crippen LogP contribution in [0.3, 0.4) is 0 Å². The van der Waals surface area contributed by atoms with Gasteiger partial charge in [0.2, 0.25) is 5.91 Å². The fourth-order valence-electron chi connectivity index (χ4n) is 3.55. The van der Waals surface area contributed by atoms with Gasteiger partial charge in [0, 0.05) is 53.4 Å². The number of amides is 1. The molecule has 6 heteroatoms.